The predicted octanol–water partition coefficient (Wildman–Crippen LogP) is 19.8. The van der Waals surface area contributed by atoms with E-state index in [1.807, 2.05) is 267 Å². The second-order valence-electron chi connectivity index (χ2n) is 30.0. The average molecular weight is 1880 g/mol. The van der Waals surface area contributed by atoms with E-state index in [2.05, 4.69) is 36.0 Å². The van der Waals surface area contributed by atoms with Crippen molar-refractivity contribution in [2.75, 3.05) is 74.1 Å². The Bertz CT molecular complexity index is 7130. The SMILES string of the molecule is CNC(=O)c1ccccc1Sc1ccc2c(/C=C/c3ccccn3)nn(C(=O)OCCOCCO)c2c1.CNC(=O)c1ccccc1Sc1ccc2c(/C=C/c3ccccn3)nn(P(=O)(C[C@@H](C)C(=O)OC)Oc3ccc4c(ccn4C)c3)c2c1.CNC(=O)c1ccccc1Sc1ccc2c(/C=C/c3ccccn3)nn(P(=O)(C[C@@H](C)C(=O)OC)Oc3ccc4ccccc4c3)c2c1. The van der Waals surface area contributed by atoms with Gasteiger partial charge in [-0.2, -0.15) is 28.9 Å². The van der Waals surface area contributed by atoms with Gasteiger partial charge in [0.1, 0.15) is 18.1 Å². The summed E-state index contributed by atoms with van der Waals surface area (Å²) in [5.74, 6) is -2.34. The molecular weight excluding hydrogens is 1780 g/mol. The van der Waals surface area contributed by atoms with Crippen LogP contribution in [0.2, 0.25) is 0 Å². The Morgan fingerprint density at radius 3 is 1.25 bits per heavy atom. The van der Waals surface area contributed by atoms with Crippen LogP contribution < -0.4 is 25.0 Å². The number of hydrogen-bond acceptors (Lipinski definition) is 24. The van der Waals surface area contributed by atoms with Crippen molar-refractivity contribution in [3.05, 3.63) is 324 Å². The number of aliphatic hydroxyl groups is 1. The summed E-state index contributed by atoms with van der Waals surface area (Å²) in [6, 6.07) is 76.7. The summed E-state index contributed by atoms with van der Waals surface area (Å²) < 4.78 is 70.0. The van der Waals surface area contributed by atoms with Gasteiger partial charge in [-0.05, 0) is 211 Å². The van der Waals surface area contributed by atoms with Crippen LogP contribution in [0.1, 0.15) is 79.1 Å². The maximum absolute atomic E-state index is 15.3. The van der Waals surface area contributed by atoms with E-state index >= 15 is 9.13 Å². The molecule has 7 heterocycles. The smallest absolute Gasteiger partial charge is 0.435 e. The third kappa shape index (κ3) is 23.4. The van der Waals surface area contributed by atoms with Crippen molar-refractivity contribution in [2.24, 2.45) is 18.9 Å². The van der Waals surface area contributed by atoms with Gasteiger partial charge in [0, 0.05) is 109 Å². The van der Waals surface area contributed by atoms with Gasteiger partial charge in [-0.25, -0.2) is 4.79 Å². The van der Waals surface area contributed by atoms with E-state index in [0.717, 1.165) is 84.3 Å². The highest BCUT2D eigenvalue weighted by atomic mass is 32.2. The minimum absolute atomic E-state index is 0.0211. The summed E-state index contributed by atoms with van der Waals surface area (Å²) in [6.07, 6.45) is 17.0. The standard InChI is InChI=1S/C37H33N4O5PS.C36H34N5O5PS.C27H26N4O5S/c1-25(37(43)45-3)24-47(44,46-29-17-15-26-10-4-5-11-27(26)22-29)41-34-23-30(48-35-14-7-6-13-32(35)36(42)38-2)18-19-31(34)33(40-41)20-16-28-12-8-9-21-39-28;1-24(36(43)45-4)23-47(44,46-27-13-17-32-25(21-27)18-20-40(32)3)41-33-22-28(48-34-11-6-5-10-30(34)35(42)37-2)14-15-29(33)31(39-41)16-12-26-9-7-8-19-38-26;1-28-26(33)22-7-2-3-8-25(22)37-20-10-11-21-23(12-9-19-6-4-5-13-29-19)30-31(24(21)18-20)27(34)36-17-16-35-15-14-32/h4-23,25H,24H2,1-3H3,(H,38,42);5-22,24H,23H2,1-4H3,(H,37,42);2-13,18,32H,14-17H2,1H3,(H,28,33)/b20-16+;16-12+;12-9+/t25-,47?;24-,47?;/m11./s1. The summed E-state index contributed by atoms with van der Waals surface area (Å²) in [4.78, 5) is 93.5. The number of pyridine rings is 3. The van der Waals surface area contributed by atoms with Gasteiger partial charge in [-0.1, -0.05) is 134 Å². The molecule has 676 valence electrons. The van der Waals surface area contributed by atoms with Crippen molar-refractivity contribution < 1.29 is 71.0 Å². The first-order chi connectivity index (χ1) is 64.6. The maximum atomic E-state index is 15.3. The second-order valence-corrected chi connectivity index (χ2v) is 37.7. The molecule has 7 aromatic heterocycles. The van der Waals surface area contributed by atoms with Crippen LogP contribution in [0.5, 0.6) is 11.5 Å². The number of esters is 2. The highest BCUT2D eigenvalue weighted by molar-refractivity contribution is 8.00. The monoisotopic (exact) mass is 1870 g/mol. The van der Waals surface area contributed by atoms with Crippen LogP contribution in [0.4, 0.5) is 4.79 Å². The molecule has 0 radical (unpaired) electrons. The Balaban J connectivity index is 0.000000162. The molecule has 2 unspecified atom stereocenters. The zero-order valence-electron chi connectivity index (χ0n) is 73.6. The fourth-order valence-corrected chi connectivity index (χ4v) is 21.8. The van der Waals surface area contributed by atoms with Gasteiger partial charge in [-0.15, -0.1) is 0 Å². The van der Waals surface area contributed by atoms with E-state index in [-0.39, 0.29) is 56.5 Å². The van der Waals surface area contributed by atoms with Gasteiger partial charge in [-0.3, -0.25) is 48.1 Å². The predicted molar refractivity (Wildman–Crippen MR) is 521 cm³/mol. The number of rotatable bonds is 32. The molecular formula is C100H93N13O15P2S3. The van der Waals surface area contributed by atoms with Crippen LogP contribution in [-0.4, -0.2) is 163 Å². The number of ether oxygens (including phenoxy) is 4. The van der Waals surface area contributed by atoms with Crippen molar-refractivity contribution >= 4 is 177 Å². The van der Waals surface area contributed by atoms with Gasteiger partial charge in [0.05, 0.1) is 126 Å². The number of nitrogens with one attached hydrogen (secondary N) is 3. The van der Waals surface area contributed by atoms with Gasteiger partial charge in [0.25, 0.3) is 17.7 Å². The molecule has 9 aromatic carbocycles. The fourth-order valence-electron chi connectivity index (χ4n) is 14.3. The molecule has 0 aliphatic heterocycles. The number of fused-ring (bicyclic) bond motifs is 5. The molecule has 0 saturated heterocycles. The van der Waals surface area contributed by atoms with Gasteiger partial charge >= 0.3 is 33.1 Å². The number of nitrogens with zero attached hydrogens (tertiary/aromatic N) is 10. The third-order valence-electron chi connectivity index (χ3n) is 20.8. The van der Waals surface area contributed by atoms with Crippen molar-refractivity contribution in [1.29, 1.82) is 0 Å². The van der Waals surface area contributed by atoms with Gasteiger partial charge < -0.3 is 53.6 Å². The first-order valence-electron chi connectivity index (χ1n) is 42.0. The quantitative estimate of drug-likeness (QED) is 0.0132. The van der Waals surface area contributed by atoms with Crippen molar-refractivity contribution in [3.8, 4) is 11.5 Å². The Kier molecular flexibility index (Phi) is 31.8. The molecule has 0 fully saturated rings. The zero-order chi connectivity index (χ0) is 93.5. The molecule has 16 aromatic rings. The van der Waals surface area contributed by atoms with E-state index in [1.54, 1.807) is 90.0 Å². The molecule has 16 rings (SSSR count). The summed E-state index contributed by atoms with van der Waals surface area (Å²) in [7, 11) is 1.40. The van der Waals surface area contributed by atoms with E-state index in [0.29, 0.717) is 61.8 Å². The average Bonchev–Trinajstić information content (AvgIpc) is 1.60. The van der Waals surface area contributed by atoms with E-state index in [1.165, 1.54) is 63.1 Å². The van der Waals surface area contributed by atoms with Crippen LogP contribution in [0, 0.1) is 11.8 Å². The Morgan fingerprint density at radius 2 is 0.820 bits per heavy atom. The minimum Gasteiger partial charge on any atom is -0.469 e. The fraction of sp³-hybridized carbons (Fsp3) is 0.160. The highest BCUT2D eigenvalue weighted by Gasteiger charge is 2.39. The van der Waals surface area contributed by atoms with Crippen LogP contribution in [0.25, 0.3) is 90.8 Å². The highest BCUT2D eigenvalue weighted by Crippen LogP contribution is 2.55. The number of aliphatic hydroxyl groups excluding tert-OH is 1. The molecule has 0 saturated carbocycles. The van der Waals surface area contributed by atoms with Crippen LogP contribution in [-0.2, 0) is 44.7 Å². The number of amides is 3. The molecule has 3 amide bonds. The lowest BCUT2D eigenvalue weighted by molar-refractivity contribution is -0.144. The number of benzene rings is 9. The maximum Gasteiger partial charge on any atom is 0.435 e. The number of hydrogen-bond donors (Lipinski definition) is 4. The van der Waals surface area contributed by atoms with Gasteiger partial charge in [0.2, 0.25) is 0 Å². The molecule has 4 atom stereocenters. The van der Waals surface area contributed by atoms with Crippen molar-refractivity contribution in [1.82, 2.24) is 64.4 Å². The zero-order valence-corrected chi connectivity index (χ0v) is 77.8. The number of methoxy groups -OCH3 is 2. The summed E-state index contributed by atoms with van der Waals surface area (Å²) in [5, 5.41) is 36.1. The van der Waals surface area contributed by atoms with Gasteiger partial charge in [0.15, 0.2) is 0 Å². The van der Waals surface area contributed by atoms with E-state index in [9.17, 15) is 28.8 Å². The normalized spacial score (nSPS) is 12.8. The molecule has 0 bridgehead atoms. The second kappa shape index (κ2) is 44.6. The lowest BCUT2D eigenvalue weighted by Gasteiger charge is -2.23. The Labute approximate surface area is 779 Å². The minimum atomic E-state index is -3.97. The summed E-state index contributed by atoms with van der Waals surface area (Å²) in [5.41, 5.74) is 8.16. The van der Waals surface area contributed by atoms with Crippen molar-refractivity contribution in [3.63, 3.8) is 0 Å². The lowest BCUT2D eigenvalue weighted by Crippen LogP contribution is -2.21. The first kappa shape index (κ1) is 94.8. The summed E-state index contributed by atoms with van der Waals surface area (Å²) in [6.45, 7) is 3.57. The van der Waals surface area contributed by atoms with Crippen LogP contribution in [0.3, 0.4) is 0 Å². The number of aryl methyl sites for hydroxylation is 1. The van der Waals surface area contributed by atoms with E-state index in [4.69, 9.17) is 43.3 Å². The van der Waals surface area contributed by atoms with E-state index < -0.39 is 44.9 Å². The number of carbonyl (C=O) groups is 6. The molecule has 4 N–H and O–H groups in total. The molecule has 133 heavy (non-hydrogen) atoms. The Morgan fingerprint density at radius 1 is 0.421 bits per heavy atom. The first-order valence-corrected chi connectivity index (χ1v) is 48.0. The van der Waals surface area contributed by atoms with Crippen LogP contribution >= 0.6 is 50.3 Å². The largest absolute Gasteiger partial charge is 0.469 e. The molecule has 0 spiro atoms. The van der Waals surface area contributed by atoms with Crippen molar-refractivity contribution in [2.45, 2.75) is 43.2 Å². The number of carbonyl (C=O) groups excluding carboxylic acids is 6. The molecule has 0 aliphatic carbocycles. The van der Waals surface area contributed by atoms with Crippen LogP contribution in [0.15, 0.2) is 303 Å². The molecule has 33 heteroatoms. The third-order valence-corrected chi connectivity index (χ3v) is 28.8. The lowest BCUT2D eigenvalue weighted by atomic mass is 10.1. The molecule has 28 nitrogen and oxygen atoms in total. The summed E-state index contributed by atoms with van der Waals surface area (Å²) >= 11 is 4.22. The topological polar surface area (TPSA) is 345 Å². The molecule has 0 aliphatic rings. The Hall–Kier alpha value is -14.3. The number of aromatic nitrogens is 10.